The molecule has 0 bridgehead atoms. The van der Waals surface area contributed by atoms with Crippen molar-refractivity contribution in [2.75, 3.05) is 6.54 Å². The number of pyridine rings is 1. The molecule has 20 heavy (non-hydrogen) atoms. The Labute approximate surface area is 118 Å². The summed E-state index contributed by atoms with van der Waals surface area (Å²) in [5.41, 5.74) is 1.38. The number of aliphatic hydroxyl groups excluding tert-OH is 1. The highest BCUT2D eigenvalue weighted by atomic mass is 16.3. The number of aliphatic hydroxyl groups is 1. The molecule has 1 aromatic heterocycles. The predicted octanol–water partition coefficient (Wildman–Crippen LogP) is 2.37. The summed E-state index contributed by atoms with van der Waals surface area (Å²) in [7, 11) is 0. The summed E-state index contributed by atoms with van der Waals surface area (Å²) < 4.78 is 0. The summed E-state index contributed by atoms with van der Waals surface area (Å²) in [6, 6.07) is 9.23. The Balaban J connectivity index is 2.08. The Bertz CT molecular complexity index is 591. The first-order valence-electron chi connectivity index (χ1n) is 6.88. The van der Waals surface area contributed by atoms with Crippen molar-refractivity contribution >= 4 is 16.8 Å². The largest absolute Gasteiger partial charge is 0.391 e. The van der Waals surface area contributed by atoms with Gasteiger partial charge in [-0.15, -0.1) is 0 Å². The highest BCUT2D eigenvalue weighted by Gasteiger charge is 2.12. The summed E-state index contributed by atoms with van der Waals surface area (Å²) in [4.78, 5) is 16.4. The number of aromatic nitrogens is 1. The second-order valence-electron chi connectivity index (χ2n) is 5.37. The van der Waals surface area contributed by atoms with Gasteiger partial charge in [0.05, 0.1) is 17.2 Å². The molecule has 4 nitrogen and oxygen atoms in total. The van der Waals surface area contributed by atoms with Crippen molar-refractivity contribution in [2.45, 2.75) is 26.4 Å². The van der Waals surface area contributed by atoms with Gasteiger partial charge in [0.2, 0.25) is 0 Å². The molecule has 1 heterocycles. The molecule has 0 fully saturated rings. The molecule has 0 spiro atoms. The van der Waals surface area contributed by atoms with Gasteiger partial charge in [-0.25, -0.2) is 0 Å². The van der Waals surface area contributed by atoms with E-state index in [9.17, 15) is 9.90 Å². The van der Waals surface area contributed by atoms with Crippen molar-refractivity contribution in [3.63, 3.8) is 0 Å². The molecule has 2 aromatic rings. The van der Waals surface area contributed by atoms with Gasteiger partial charge in [0.15, 0.2) is 0 Å². The Morgan fingerprint density at radius 3 is 2.80 bits per heavy atom. The molecule has 106 valence electrons. The lowest BCUT2D eigenvalue weighted by atomic mass is 10.1. The molecule has 1 atom stereocenters. The average molecular weight is 272 g/mol. The van der Waals surface area contributed by atoms with Crippen LogP contribution in [0.3, 0.4) is 0 Å². The number of fused-ring (bicyclic) bond motifs is 1. The van der Waals surface area contributed by atoms with Crippen LogP contribution >= 0.6 is 0 Å². The van der Waals surface area contributed by atoms with Crippen LogP contribution in [0.4, 0.5) is 0 Å². The van der Waals surface area contributed by atoms with E-state index in [4.69, 9.17) is 0 Å². The molecule has 0 radical (unpaired) electrons. The summed E-state index contributed by atoms with van der Waals surface area (Å²) in [5.74, 6) is 0.232. The second-order valence-corrected chi connectivity index (χ2v) is 5.37. The van der Waals surface area contributed by atoms with E-state index in [1.165, 1.54) is 0 Å². The van der Waals surface area contributed by atoms with Gasteiger partial charge in [0.25, 0.3) is 5.91 Å². The van der Waals surface area contributed by atoms with E-state index in [0.29, 0.717) is 17.9 Å². The average Bonchev–Trinajstić information content (AvgIpc) is 2.43. The lowest BCUT2D eigenvalue weighted by Crippen LogP contribution is -2.32. The molecule has 0 aliphatic rings. The highest BCUT2D eigenvalue weighted by Crippen LogP contribution is 2.16. The first-order chi connectivity index (χ1) is 9.58. The number of carbonyl (C=O) groups excluding carboxylic acids is 1. The van der Waals surface area contributed by atoms with E-state index < -0.39 is 6.10 Å². The molecule has 0 aliphatic heterocycles. The molecule has 1 unspecified atom stereocenters. The van der Waals surface area contributed by atoms with Gasteiger partial charge in [0, 0.05) is 18.1 Å². The molecule has 2 rings (SSSR count). The van der Waals surface area contributed by atoms with E-state index in [2.05, 4.69) is 10.3 Å². The first-order valence-corrected chi connectivity index (χ1v) is 6.88. The minimum absolute atomic E-state index is 0.175. The van der Waals surface area contributed by atoms with E-state index in [-0.39, 0.29) is 12.5 Å². The van der Waals surface area contributed by atoms with Crippen molar-refractivity contribution < 1.29 is 9.90 Å². The van der Waals surface area contributed by atoms with Crippen molar-refractivity contribution in [2.24, 2.45) is 5.92 Å². The molecule has 0 saturated heterocycles. The fraction of sp³-hybridized carbons (Fsp3) is 0.375. The lowest BCUT2D eigenvalue weighted by Gasteiger charge is -2.14. The second kappa shape index (κ2) is 6.48. The van der Waals surface area contributed by atoms with Crippen LogP contribution in [-0.4, -0.2) is 28.6 Å². The molecule has 1 aromatic carbocycles. The number of benzene rings is 1. The monoisotopic (exact) mass is 272 g/mol. The number of carbonyl (C=O) groups is 1. The van der Waals surface area contributed by atoms with E-state index >= 15 is 0 Å². The summed E-state index contributed by atoms with van der Waals surface area (Å²) in [6.07, 6.45) is 1.80. The van der Waals surface area contributed by atoms with Crippen LogP contribution < -0.4 is 5.32 Å². The number of hydrogen-bond donors (Lipinski definition) is 2. The first kappa shape index (κ1) is 14.5. The number of rotatable bonds is 5. The van der Waals surface area contributed by atoms with E-state index in [1.54, 1.807) is 12.3 Å². The van der Waals surface area contributed by atoms with Crippen LogP contribution in [0.1, 0.15) is 30.6 Å². The number of amides is 1. The maximum atomic E-state index is 12.2. The smallest absolute Gasteiger partial charge is 0.252 e. The fourth-order valence-corrected chi connectivity index (χ4v) is 2.23. The molecule has 1 amide bonds. The van der Waals surface area contributed by atoms with Gasteiger partial charge >= 0.3 is 0 Å². The SMILES string of the molecule is CC(C)CC(O)CNC(=O)c1ccnc2ccccc12. The molecular formula is C16H20N2O2. The zero-order chi connectivity index (χ0) is 14.5. The topological polar surface area (TPSA) is 62.2 Å². The van der Waals surface area contributed by atoms with Crippen molar-refractivity contribution in [1.29, 1.82) is 0 Å². The van der Waals surface area contributed by atoms with E-state index in [1.807, 2.05) is 38.1 Å². The quantitative estimate of drug-likeness (QED) is 0.878. The number of nitrogens with one attached hydrogen (secondary N) is 1. The van der Waals surface area contributed by atoms with Crippen molar-refractivity contribution in [3.8, 4) is 0 Å². The van der Waals surface area contributed by atoms with Crippen LogP contribution in [0.2, 0.25) is 0 Å². The van der Waals surface area contributed by atoms with Crippen LogP contribution in [0.15, 0.2) is 36.5 Å². The normalized spacial score (nSPS) is 12.6. The molecule has 0 aliphatic carbocycles. The third kappa shape index (κ3) is 3.54. The van der Waals surface area contributed by atoms with Crippen molar-refractivity contribution in [1.82, 2.24) is 10.3 Å². The van der Waals surface area contributed by atoms with Gasteiger partial charge in [0.1, 0.15) is 0 Å². The van der Waals surface area contributed by atoms with Gasteiger partial charge in [-0.05, 0) is 24.5 Å². The van der Waals surface area contributed by atoms with Crippen LogP contribution in [-0.2, 0) is 0 Å². The summed E-state index contributed by atoms with van der Waals surface area (Å²) in [5, 5.41) is 13.4. The zero-order valence-electron chi connectivity index (χ0n) is 11.8. The van der Waals surface area contributed by atoms with Gasteiger partial charge in [-0.2, -0.15) is 0 Å². The molecule has 0 saturated carbocycles. The lowest BCUT2D eigenvalue weighted by molar-refractivity contribution is 0.0902. The molecule has 4 heteroatoms. The van der Waals surface area contributed by atoms with Crippen LogP contribution in [0, 0.1) is 5.92 Å². The minimum atomic E-state index is -0.507. The predicted molar refractivity (Wildman–Crippen MR) is 79.5 cm³/mol. The Kier molecular flexibility index (Phi) is 4.69. The maximum absolute atomic E-state index is 12.2. The summed E-state index contributed by atoms with van der Waals surface area (Å²) in [6.45, 7) is 4.36. The fourth-order valence-electron chi connectivity index (χ4n) is 2.23. The van der Waals surface area contributed by atoms with E-state index in [0.717, 1.165) is 10.9 Å². The number of hydrogen-bond acceptors (Lipinski definition) is 3. The highest BCUT2D eigenvalue weighted by molar-refractivity contribution is 6.05. The Morgan fingerprint density at radius 2 is 2.05 bits per heavy atom. The zero-order valence-corrected chi connectivity index (χ0v) is 11.8. The van der Waals surface area contributed by atoms with Gasteiger partial charge < -0.3 is 10.4 Å². The Morgan fingerprint density at radius 1 is 1.30 bits per heavy atom. The third-order valence-electron chi connectivity index (χ3n) is 3.14. The van der Waals surface area contributed by atoms with Gasteiger partial charge in [-0.3, -0.25) is 9.78 Å². The third-order valence-corrected chi connectivity index (χ3v) is 3.14. The maximum Gasteiger partial charge on any atom is 0.252 e. The van der Waals surface area contributed by atoms with Crippen LogP contribution in [0.5, 0.6) is 0 Å². The number of para-hydroxylation sites is 1. The van der Waals surface area contributed by atoms with Crippen molar-refractivity contribution in [3.05, 3.63) is 42.1 Å². The van der Waals surface area contributed by atoms with Gasteiger partial charge in [-0.1, -0.05) is 32.0 Å². The molecular weight excluding hydrogens is 252 g/mol. The minimum Gasteiger partial charge on any atom is -0.391 e. The standard InChI is InChI=1S/C16H20N2O2/c1-11(2)9-12(19)10-18-16(20)14-7-8-17-15-6-4-3-5-13(14)15/h3-8,11-12,19H,9-10H2,1-2H3,(H,18,20). The summed E-state index contributed by atoms with van der Waals surface area (Å²) >= 11 is 0. The number of nitrogens with zero attached hydrogens (tertiary/aromatic N) is 1. The van der Waals surface area contributed by atoms with Crippen LogP contribution in [0.25, 0.3) is 10.9 Å². The Hall–Kier alpha value is -1.94. The molecule has 2 N–H and O–H groups in total.